The lowest BCUT2D eigenvalue weighted by Crippen LogP contribution is -2.65. The van der Waals surface area contributed by atoms with Crippen LogP contribution in [-0.2, 0) is 19.1 Å². The molecule has 0 bridgehead atoms. The smallest absolute Gasteiger partial charge is 0.306 e. The van der Waals surface area contributed by atoms with Crippen LogP contribution in [0, 0.1) is 29.1 Å². The van der Waals surface area contributed by atoms with E-state index in [0.717, 1.165) is 57.8 Å². The van der Waals surface area contributed by atoms with Crippen molar-refractivity contribution in [3.8, 4) is 0 Å². The van der Waals surface area contributed by atoms with Gasteiger partial charge >= 0.3 is 11.9 Å². The summed E-state index contributed by atoms with van der Waals surface area (Å²) in [5.74, 6) is -4.50. The third kappa shape index (κ3) is 5.75. The Bertz CT molecular complexity index is 1140. The van der Waals surface area contributed by atoms with E-state index in [4.69, 9.17) is 9.84 Å². The highest BCUT2D eigenvalue weighted by Gasteiger charge is 2.86. The number of carbonyl (C=O) groups excluding carboxylic acids is 2. The number of aliphatic hydroxyl groups is 4. The lowest BCUT2D eigenvalue weighted by atomic mass is 9.59. The van der Waals surface area contributed by atoms with Crippen LogP contribution >= 0.6 is 0 Å². The molecule has 0 spiro atoms. The highest BCUT2D eigenvalue weighted by molar-refractivity contribution is 6.04. The van der Waals surface area contributed by atoms with Crippen LogP contribution in [0.4, 0.5) is 0 Å². The molecular weight excluding hydrogens is 552 g/mol. The first-order chi connectivity index (χ1) is 20.2. The van der Waals surface area contributed by atoms with Crippen LogP contribution in [0.5, 0.6) is 0 Å². The number of carboxylic acid groups (broad SMARTS) is 1. The van der Waals surface area contributed by atoms with Gasteiger partial charge in [0.1, 0.15) is 11.2 Å². The molecule has 4 aliphatic rings. The Morgan fingerprint density at radius 1 is 0.930 bits per heavy atom. The van der Waals surface area contributed by atoms with Gasteiger partial charge in [0.05, 0.1) is 18.3 Å². The Balaban J connectivity index is 1.35. The van der Waals surface area contributed by atoms with Gasteiger partial charge in [0, 0.05) is 48.3 Å². The lowest BCUT2D eigenvalue weighted by Gasteiger charge is -2.52. The van der Waals surface area contributed by atoms with E-state index >= 15 is 0 Å². The Kier molecular flexibility index (Phi) is 10.0. The van der Waals surface area contributed by atoms with Gasteiger partial charge in [0.25, 0.3) is 0 Å². The van der Waals surface area contributed by atoms with Gasteiger partial charge in [-0.25, -0.2) is 0 Å². The number of carbonyl (C=O) groups is 3. The minimum Gasteiger partial charge on any atom is -0.481 e. The maximum absolute atomic E-state index is 13.2. The van der Waals surface area contributed by atoms with Gasteiger partial charge < -0.3 is 30.3 Å². The number of hydrogen-bond donors (Lipinski definition) is 5. The first-order valence-electron chi connectivity index (χ1n) is 16.3. The van der Waals surface area contributed by atoms with E-state index < -0.39 is 63.7 Å². The summed E-state index contributed by atoms with van der Waals surface area (Å²) in [6.45, 7) is 6.77. The summed E-state index contributed by atoms with van der Waals surface area (Å²) in [7, 11) is 0. The Hall–Kier alpha value is -2.07. The SMILES string of the molecule is CC1=C[C@H]2[C@@]3(O)[C@H](C)[C@@H](O)[C@]4(OC(=O)CCCCCCCCCCCCC(=O)O)[C@H]([C@@H]3C=C(CO)C[C@]2(O)C1=O)C4(C)C. The summed E-state index contributed by atoms with van der Waals surface area (Å²) in [5.41, 5.74) is -4.69. The molecule has 8 atom stereocenters. The number of ketones is 1. The van der Waals surface area contributed by atoms with Crippen molar-refractivity contribution in [3.63, 3.8) is 0 Å². The monoisotopic (exact) mass is 604 g/mol. The molecule has 2 saturated carbocycles. The highest BCUT2D eigenvalue weighted by atomic mass is 16.6. The van der Waals surface area contributed by atoms with Crippen LogP contribution in [0.25, 0.3) is 0 Å². The van der Waals surface area contributed by atoms with Crippen LogP contribution < -0.4 is 0 Å². The fourth-order valence-electron chi connectivity index (χ4n) is 8.87. The zero-order valence-corrected chi connectivity index (χ0v) is 26.3. The summed E-state index contributed by atoms with van der Waals surface area (Å²) < 4.78 is 6.17. The van der Waals surface area contributed by atoms with Crippen molar-refractivity contribution in [1.82, 2.24) is 0 Å². The number of fused-ring (bicyclic) bond motifs is 5. The number of unbranched alkanes of at least 4 members (excludes halogenated alkanes) is 9. The average Bonchev–Trinajstić information content (AvgIpc) is 3.38. The number of rotatable bonds is 15. The molecule has 0 aromatic rings. The number of esters is 1. The topological polar surface area (TPSA) is 162 Å². The van der Waals surface area contributed by atoms with E-state index in [1.165, 1.54) is 0 Å². The molecule has 2 fully saturated rings. The number of aliphatic hydroxyl groups excluding tert-OH is 2. The molecule has 0 aromatic carbocycles. The largest absolute Gasteiger partial charge is 0.481 e. The Labute approximate surface area is 255 Å². The molecule has 0 aliphatic heterocycles. The maximum atomic E-state index is 13.2. The first-order valence-corrected chi connectivity index (χ1v) is 16.3. The molecule has 0 heterocycles. The van der Waals surface area contributed by atoms with Crippen molar-refractivity contribution in [2.75, 3.05) is 6.61 Å². The fourth-order valence-corrected chi connectivity index (χ4v) is 8.87. The molecule has 43 heavy (non-hydrogen) atoms. The third-order valence-electron chi connectivity index (χ3n) is 11.3. The van der Waals surface area contributed by atoms with E-state index in [0.29, 0.717) is 17.6 Å². The summed E-state index contributed by atoms with van der Waals surface area (Å²) >= 11 is 0. The summed E-state index contributed by atoms with van der Waals surface area (Å²) in [6.07, 6.45) is 12.4. The summed E-state index contributed by atoms with van der Waals surface area (Å²) in [5, 5.41) is 54.6. The summed E-state index contributed by atoms with van der Waals surface area (Å²) in [4.78, 5) is 36.8. The minimum absolute atomic E-state index is 0.102. The minimum atomic E-state index is -1.91. The van der Waals surface area contributed by atoms with E-state index in [1.807, 2.05) is 13.8 Å². The molecule has 0 saturated heterocycles. The number of ether oxygens (including phenoxy) is 1. The number of hydrogen-bond acceptors (Lipinski definition) is 8. The van der Waals surface area contributed by atoms with Crippen molar-refractivity contribution in [2.24, 2.45) is 29.1 Å². The quantitative estimate of drug-likeness (QED) is 0.105. The standard InChI is InChI=1S/C34H52O9/c1-21-17-25-32(41,29(21)39)19-23(20-35)18-24-28-31(3,4)34(28,30(40)22(2)33(24,25)42)43-27(38)16-14-12-10-8-6-5-7-9-11-13-15-26(36)37/h17-18,22,24-25,28,30,35,40-42H,5-16,19-20H2,1-4H3,(H,36,37)/t22-,24+,25-,28-,30-,32-,33-,34-/m1/s1. The van der Waals surface area contributed by atoms with Gasteiger partial charge in [0.15, 0.2) is 5.78 Å². The molecule has 4 rings (SSSR count). The van der Waals surface area contributed by atoms with Crippen LogP contribution in [0.2, 0.25) is 0 Å². The van der Waals surface area contributed by atoms with E-state index in [2.05, 4.69) is 0 Å². The maximum Gasteiger partial charge on any atom is 0.306 e. The van der Waals surface area contributed by atoms with E-state index in [-0.39, 0.29) is 31.8 Å². The molecule has 0 radical (unpaired) electrons. The number of carboxylic acids is 1. The van der Waals surface area contributed by atoms with Gasteiger partial charge in [-0.1, -0.05) is 84.3 Å². The molecule has 9 nitrogen and oxygen atoms in total. The second kappa shape index (κ2) is 12.7. The van der Waals surface area contributed by atoms with Gasteiger partial charge in [0.2, 0.25) is 0 Å². The van der Waals surface area contributed by atoms with E-state index in [1.54, 1.807) is 26.0 Å². The third-order valence-corrected chi connectivity index (χ3v) is 11.3. The van der Waals surface area contributed by atoms with Gasteiger partial charge in [-0.15, -0.1) is 0 Å². The first kappa shape index (κ1) is 33.8. The molecule has 9 heteroatoms. The van der Waals surface area contributed by atoms with Crippen molar-refractivity contribution in [3.05, 3.63) is 23.3 Å². The molecule has 0 aromatic heterocycles. The van der Waals surface area contributed by atoms with Crippen molar-refractivity contribution >= 4 is 17.7 Å². The van der Waals surface area contributed by atoms with Crippen molar-refractivity contribution in [1.29, 1.82) is 0 Å². The molecule has 242 valence electrons. The van der Waals surface area contributed by atoms with Gasteiger partial charge in [-0.2, -0.15) is 0 Å². The van der Waals surface area contributed by atoms with Crippen LogP contribution in [0.15, 0.2) is 23.3 Å². The Morgan fingerprint density at radius 2 is 1.47 bits per heavy atom. The second-order valence-corrected chi connectivity index (χ2v) is 14.3. The number of aliphatic carboxylic acids is 1. The van der Waals surface area contributed by atoms with Gasteiger partial charge in [-0.3, -0.25) is 14.4 Å². The normalized spacial score (nSPS) is 37.4. The van der Waals surface area contributed by atoms with Crippen LogP contribution in [-0.4, -0.2) is 72.8 Å². The van der Waals surface area contributed by atoms with E-state index in [9.17, 15) is 34.8 Å². The Morgan fingerprint density at radius 3 is 2.00 bits per heavy atom. The highest BCUT2D eigenvalue weighted by Crippen LogP contribution is 2.76. The second-order valence-electron chi connectivity index (χ2n) is 14.3. The summed E-state index contributed by atoms with van der Waals surface area (Å²) in [6, 6.07) is 0. The zero-order chi connectivity index (χ0) is 31.8. The van der Waals surface area contributed by atoms with Crippen LogP contribution in [0.3, 0.4) is 0 Å². The molecule has 0 unspecified atom stereocenters. The predicted octanol–water partition coefficient (Wildman–Crippen LogP) is 4.25. The molecule has 4 aliphatic carbocycles. The average molecular weight is 605 g/mol. The molecule has 5 N–H and O–H groups in total. The van der Waals surface area contributed by atoms with Crippen LogP contribution in [0.1, 0.15) is 111 Å². The number of Topliss-reactive ketones (excluding diaryl/α,β-unsaturated/α-hetero) is 1. The fraction of sp³-hybridized carbons (Fsp3) is 0.794. The van der Waals surface area contributed by atoms with Gasteiger partial charge in [-0.05, 0) is 30.9 Å². The van der Waals surface area contributed by atoms with Crippen molar-refractivity contribution in [2.45, 2.75) is 134 Å². The predicted molar refractivity (Wildman–Crippen MR) is 160 cm³/mol. The molecule has 0 amide bonds. The molecular formula is C34H52O9. The lowest BCUT2D eigenvalue weighted by molar-refractivity contribution is -0.219. The zero-order valence-electron chi connectivity index (χ0n) is 26.3. The van der Waals surface area contributed by atoms with Crippen molar-refractivity contribution < 1.29 is 44.7 Å².